The first-order valence-corrected chi connectivity index (χ1v) is 7.37. The van der Waals surface area contributed by atoms with Crippen molar-refractivity contribution in [1.82, 2.24) is 15.1 Å². The third kappa shape index (κ3) is 2.46. The van der Waals surface area contributed by atoms with E-state index in [1.165, 1.54) is 9.75 Å². The van der Waals surface area contributed by atoms with E-state index in [1.54, 1.807) is 6.20 Å². The van der Waals surface area contributed by atoms with Gasteiger partial charge in [-0.25, -0.2) is 0 Å². The standard InChI is InChI=1S/C13H18ClN3S/c1-4-9-6-7-11(18-9)12(15-3)13-10(14)8-16-17(13)5-2/h6-8,12,15H,4-5H2,1-3H3. The second-order valence-electron chi connectivity index (χ2n) is 4.07. The number of aryl methyl sites for hydroxylation is 2. The zero-order valence-electron chi connectivity index (χ0n) is 10.9. The Morgan fingerprint density at radius 3 is 2.78 bits per heavy atom. The molecule has 0 saturated carbocycles. The predicted octanol–water partition coefficient (Wildman–Crippen LogP) is 3.49. The highest BCUT2D eigenvalue weighted by atomic mass is 35.5. The average molecular weight is 284 g/mol. The zero-order chi connectivity index (χ0) is 13.1. The molecule has 0 fully saturated rings. The van der Waals surface area contributed by atoms with Gasteiger partial charge in [0.15, 0.2) is 0 Å². The molecule has 0 amide bonds. The molecule has 0 spiro atoms. The van der Waals surface area contributed by atoms with Gasteiger partial charge < -0.3 is 5.32 Å². The Morgan fingerprint density at radius 1 is 1.44 bits per heavy atom. The summed E-state index contributed by atoms with van der Waals surface area (Å²) in [5.41, 5.74) is 1.05. The Morgan fingerprint density at radius 2 is 2.22 bits per heavy atom. The molecule has 3 nitrogen and oxygen atoms in total. The maximum atomic E-state index is 6.27. The van der Waals surface area contributed by atoms with E-state index in [-0.39, 0.29) is 6.04 Å². The SMILES string of the molecule is CCc1ccc(C(NC)c2c(Cl)cnn2CC)s1. The molecule has 5 heteroatoms. The number of rotatable bonds is 5. The monoisotopic (exact) mass is 283 g/mol. The van der Waals surface area contributed by atoms with Crippen molar-refractivity contribution in [3.8, 4) is 0 Å². The first kappa shape index (κ1) is 13.6. The Labute approximate surface area is 117 Å². The van der Waals surface area contributed by atoms with Gasteiger partial charge in [0.05, 0.1) is 23.0 Å². The van der Waals surface area contributed by atoms with Crippen molar-refractivity contribution >= 4 is 22.9 Å². The van der Waals surface area contributed by atoms with Crippen LogP contribution in [-0.2, 0) is 13.0 Å². The third-order valence-corrected chi connectivity index (χ3v) is 4.60. The molecule has 2 aromatic rings. The van der Waals surface area contributed by atoms with Crippen molar-refractivity contribution < 1.29 is 0 Å². The molecular weight excluding hydrogens is 266 g/mol. The third-order valence-electron chi connectivity index (χ3n) is 3.01. The maximum Gasteiger partial charge on any atom is 0.0854 e. The lowest BCUT2D eigenvalue weighted by atomic mass is 10.1. The lowest BCUT2D eigenvalue weighted by Crippen LogP contribution is -2.20. The number of hydrogen-bond donors (Lipinski definition) is 1. The summed E-state index contributed by atoms with van der Waals surface area (Å²) in [6.45, 7) is 5.07. The van der Waals surface area contributed by atoms with Gasteiger partial charge in [-0.15, -0.1) is 11.3 Å². The van der Waals surface area contributed by atoms with E-state index in [9.17, 15) is 0 Å². The molecule has 0 bridgehead atoms. The van der Waals surface area contributed by atoms with Crippen molar-refractivity contribution in [1.29, 1.82) is 0 Å². The Bertz CT molecular complexity index is 518. The molecule has 1 atom stereocenters. The summed E-state index contributed by atoms with van der Waals surface area (Å²) in [4.78, 5) is 2.68. The van der Waals surface area contributed by atoms with Crippen LogP contribution < -0.4 is 5.32 Å². The average Bonchev–Trinajstić information content (AvgIpc) is 2.99. The van der Waals surface area contributed by atoms with Gasteiger partial charge in [-0.3, -0.25) is 4.68 Å². The van der Waals surface area contributed by atoms with E-state index < -0.39 is 0 Å². The maximum absolute atomic E-state index is 6.27. The summed E-state index contributed by atoms with van der Waals surface area (Å²) in [5.74, 6) is 0. The van der Waals surface area contributed by atoms with Crippen LogP contribution in [0.5, 0.6) is 0 Å². The molecule has 2 rings (SSSR count). The van der Waals surface area contributed by atoms with Gasteiger partial charge in [0.1, 0.15) is 0 Å². The Hall–Kier alpha value is -0.840. The summed E-state index contributed by atoms with van der Waals surface area (Å²) < 4.78 is 1.95. The smallest absolute Gasteiger partial charge is 0.0854 e. The van der Waals surface area contributed by atoms with Crippen LogP contribution in [0, 0.1) is 0 Å². The van der Waals surface area contributed by atoms with Crippen LogP contribution in [0.15, 0.2) is 18.3 Å². The first-order valence-electron chi connectivity index (χ1n) is 6.18. The lowest BCUT2D eigenvalue weighted by Gasteiger charge is -2.16. The van der Waals surface area contributed by atoms with Gasteiger partial charge in [0.25, 0.3) is 0 Å². The normalized spacial score (nSPS) is 12.9. The Kier molecular flexibility index (Phi) is 4.43. The largest absolute Gasteiger partial charge is 0.307 e. The second-order valence-corrected chi connectivity index (χ2v) is 5.68. The first-order chi connectivity index (χ1) is 8.71. The lowest BCUT2D eigenvalue weighted by molar-refractivity contribution is 0.568. The van der Waals surface area contributed by atoms with Gasteiger partial charge in [0.2, 0.25) is 0 Å². The van der Waals surface area contributed by atoms with E-state index >= 15 is 0 Å². The molecule has 0 saturated heterocycles. The summed E-state index contributed by atoms with van der Waals surface area (Å²) in [6, 6.07) is 4.48. The van der Waals surface area contributed by atoms with Crippen molar-refractivity contribution in [2.24, 2.45) is 0 Å². The van der Waals surface area contributed by atoms with E-state index in [2.05, 4.69) is 36.4 Å². The van der Waals surface area contributed by atoms with Crippen LogP contribution in [0.3, 0.4) is 0 Å². The van der Waals surface area contributed by atoms with E-state index in [1.807, 2.05) is 23.1 Å². The number of thiophene rings is 1. The zero-order valence-corrected chi connectivity index (χ0v) is 12.5. The number of aromatic nitrogens is 2. The topological polar surface area (TPSA) is 29.9 Å². The molecule has 0 aliphatic rings. The summed E-state index contributed by atoms with van der Waals surface area (Å²) in [7, 11) is 1.96. The van der Waals surface area contributed by atoms with Gasteiger partial charge in [0, 0.05) is 16.3 Å². The number of hydrogen-bond acceptors (Lipinski definition) is 3. The molecule has 2 aromatic heterocycles. The van der Waals surface area contributed by atoms with Crippen LogP contribution in [0.25, 0.3) is 0 Å². The minimum absolute atomic E-state index is 0.116. The van der Waals surface area contributed by atoms with Crippen LogP contribution in [-0.4, -0.2) is 16.8 Å². The number of nitrogens with zero attached hydrogens (tertiary/aromatic N) is 2. The van der Waals surface area contributed by atoms with Crippen LogP contribution in [0.1, 0.15) is 35.3 Å². The van der Waals surface area contributed by atoms with Crippen molar-refractivity contribution in [2.45, 2.75) is 32.9 Å². The molecule has 2 heterocycles. The molecule has 0 aromatic carbocycles. The highest BCUT2D eigenvalue weighted by molar-refractivity contribution is 7.12. The minimum atomic E-state index is 0.116. The fraction of sp³-hybridized carbons (Fsp3) is 0.462. The Balaban J connectivity index is 2.41. The summed E-state index contributed by atoms with van der Waals surface area (Å²) in [5, 5.41) is 8.37. The molecular formula is C13H18ClN3S. The molecule has 0 radical (unpaired) electrons. The van der Waals surface area contributed by atoms with Crippen LogP contribution in [0.2, 0.25) is 5.02 Å². The van der Waals surface area contributed by atoms with Gasteiger partial charge in [-0.1, -0.05) is 18.5 Å². The van der Waals surface area contributed by atoms with Gasteiger partial charge in [-0.05, 0) is 32.5 Å². The van der Waals surface area contributed by atoms with Crippen molar-refractivity contribution in [2.75, 3.05) is 7.05 Å². The number of nitrogens with one attached hydrogen (secondary N) is 1. The van der Waals surface area contributed by atoms with Gasteiger partial charge >= 0.3 is 0 Å². The van der Waals surface area contributed by atoms with Gasteiger partial charge in [-0.2, -0.15) is 5.10 Å². The number of halogens is 1. The highest BCUT2D eigenvalue weighted by Gasteiger charge is 2.21. The van der Waals surface area contributed by atoms with Crippen LogP contribution in [0.4, 0.5) is 0 Å². The molecule has 1 unspecified atom stereocenters. The molecule has 18 heavy (non-hydrogen) atoms. The van der Waals surface area contributed by atoms with E-state index in [0.717, 1.165) is 23.7 Å². The quantitative estimate of drug-likeness (QED) is 0.910. The van der Waals surface area contributed by atoms with E-state index in [0.29, 0.717) is 0 Å². The second kappa shape index (κ2) is 5.87. The molecule has 0 aliphatic heterocycles. The highest BCUT2D eigenvalue weighted by Crippen LogP contribution is 2.32. The molecule has 0 aliphatic carbocycles. The minimum Gasteiger partial charge on any atom is -0.307 e. The molecule has 98 valence electrons. The van der Waals surface area contributed by atoms with Crippen LogP contribution >= 0.6 is 22.9 Å². The fourth-order valence-electron chi connectivity index (χ4n) is 2.06. The molecule has 1 N–H and O–H groups in total. The predicted molar refractivity (Wildman–Crippen MR) is 77.5 cm³/mol. The van der Waals surface area contributed by atoms with Crippen molar-refractivity contribution in [3.63, 3.8) is 0 Å². The summed E-state index contributed by atoms with van der Waals surface area (Å²) >= 11 is 8.10. The summed E-state index contributed by atoms with van der Waals surface area (Å²) in [6.07, 6.45) is 2.79. The fourth-order valence-corrected chi connectivity index (χ4v) is 3.38. The van der Waals surface area contributed by atoms with Crippen molar-refractivity contribution in [3.05, 3.63) is 38.8 Å². The van der Waals surface area contributed by atoms with E-state index in [4.69, 9.17) is 11.6 Å².